The van der Waals surface area contributed by atoms with Gasteiger partial charge in [-0.15, -0.1) is 0 Å². The highest BCUT2D eigenvalue weighted by Gasteiger charge is 2.56. The van der Waals surface area contributed by atoms with Gasteiger partial charge in [0.2, 0.25) is 0 Å². The fraction of sp³-hybridized carbons (Fsp3) is 0.500. The van der Waals surface area contributed by atoms with Crippen molar-refractivity contribution >= 4 is 5.82 Å². The largest absolute Gasteiger partial charge is 0.394 e. The van der Waals surface area contributed by atoms with Crippen LogP contribution in [-0.2, 0) is 10.5 Å². The Labute approximate surface area is 107 Å². The molecule has 9 heteroatoms. The van der Waals surface area contributed by atoms with Crippen molar-refractivity contribution in [1.29, 1.82) is 5.26 Å². The number of aromatic nitrogens is 2. The molecule has 0 bridgehead atoms. The number of nitrogen functional groups attached to an aromatic ring is 1. The number of nitrogens with two attached hydrogens (primary N) is 1. The molecule has 0 aromatic carbocycles. The van der Waals surface area contributed by atoms with E-state index in [0.29, 0.717) is 0 Å². The van der Waals surface area contributed by atoms with Gasteiger partial charge in [-0.2, -0.15) is 10.2 Å². The van der Waals surface area contributed by atoms with Crippen LogP contribution in [0.2, 0.25) is 0 Å². The Morgan fingerprint density at radius 2 is 2.32 bits per heavy atom. The smallest absolute Gasteiger partial charge is 0.352 e. The van der Waals surface area contributed by atoms with Crippen LogP contribution in [0.25, 0.3) is 0 Å². The quantitative estimate of drug-likeness (QED) is 0.445. The van der Waals surface area contributed by atoms with Crippen LogP contribution in [0.4, 0.5) is 5.82 Å². The van der Waals surface area contributed by atoms with Gasteiger partial charge in [-0.05, 0) is 6.07 Å². The minimum atomic E-state index is -2.15. The number of aliphatic hydroxyl groups is 3. The van der Waals surface area contributed by atoms with Gasteiger partial charge in [-0.25, -0.2) is 4.79 Å². The third-order valence-electron chi connectivity index (χ3n) is 2.96. The van der Waals surface area contributed by atoms with Gasteiger partial charge in [-0.1, -0.05) is 0 Å². The summed E-state index contributed by atoms with van der Waals surface area (Å²) in [5.41, 5.74) is 2.27. The number of aliphatic hydroxyl groups excluding tert-OH is 3. The van der Waals surface area contributed by atoms with Gasteiger partial charge in [0.05, 0.1) is 6.61 Å². The van der Waals surface area contributed by atoms with Crippen LogP contribution in [-0.4, -0.2) is 49.8 Å². The maximum absolute atomic E-state index is 11.7. The Bertz CT molecular complexity index is 582. The van der Waals surface area contributed by atoms with Crippen molar-refractivity contribution in [1.82, 2.24) is 9.55 Å². The monoisotopic (exact) mass is 268 g/mol. The molecule has 0 aliphatic carbocycles. The summed E-state index contributed by atoms with van der Waals surface area (Å²) in [7, 11) is 0. The molecule has 19 heavy (non-hydrogen) atoms. The lowest BCUT2D eigenvalue weighted by molar-refractivity contribution is -0.109. The normalized spacial score (nSPS) is 34.1. The van der Waals surface area contributed by atoms with E-state index in [1.54, 1.807) is 6.07 Å². The van der Waals surface area contributed by atoms with Gasteiger partial charge < -0.3 is 25.8 Å². The van der Waals surface area contributed by atoms with Gasteiger partial charge in [0.25, 0.3) is 5.72 Å². The molecule has 0 amide bonds. The van der Waals surface area contributed by atoms with E-state index in [9.17, 15) is 20.3 Å². The predicted octanol–water partition coefficient (Wildman–Crippen LogP) is -2.89. The van der Waals surface area contributed by atoms with E-state index in [1.165, 1.54) is 6.07 Å². The lowest BCUT2D eigenvalue weighted by Gasteiger charge is -2.26. The van der Waals surface area contributed by atoms with Crippen molar-refractivity contribution in [2.75, 3.05) is 12.3 Å². The van der Waals surface area contributed by atoms with Crippen molar-refractivity contribution in [3.05, 3.63) is 22.7 Å². The van der Waals surface area contributed by atoms with Crippen molar-refractivity contribution in [2.24, 2.45) is 0 Å². The zero-order chi connectivity index (χ0) is 14.2. The molecule has 9 nitrogen and oxygen atoms in total. The standard InChI is InChI=1S/C10H12N4O5/c11-4-10(8(17)7(16)5(3-15)19-10)14-2-1-6(12)13-9(14)18/h1-2,5,7-8,15-17H,3H2,(H2,12,13,18)/t5-,7-,8-,10-/m1/s1. The molecular formula is C10H12N4O5. The second kappa shape index (κ2) is 4.60. The maximum Gasteiger partial charge on any atom is 0.352 e. The SMILES string of the molecule is N#C[C@@]1(n2ccc(N)nc2=O)O[C@H](CO)[C@@H](O)[C@H]1O. The third-order valence-corrected chi connectivity index (χ3v) is 2.96. The lowest BCUT2D eigenvalue weighted by atomic mass is 10.0. The van der Waals surface area contributed by atoms with Gasteiger partial charge in [0, 0.05) is 6.20 Å². The minimum Gasteiger partial charge on any atom is -0.394 e. The van der Waals surface area contributed by atoms with E-state index in [1.807, 2.05) is 0 Å². The first kappa shape index (κ1) is 13.4. The molecule has 1 aliphatic heterocycles. The Hall–Kier alpha value is -1.99. The van der Waals surface area contributed by atoms with Crippen molar-refractivity contribution in [3.8, 4) is 6.07 Å². The molecule has 1 fully saturated rings. The molecular weight excluding hydrogens is 256 g/mol. The van der Waals surface area contributed by atoms with Crippen molar-refractivity contribution in [3.63, 3.8) is 0 Å². The summed E-state index contributed by atoms with van der Waals surface area (Å²) in [5.74, 6) is -0.0546. The summed E-state index contributed by atoms with van der Waals surface area (Å²) < 4.78 is 5.88. The van der Waals surface area contributed by atoms with E-state index in [-0.39, 0.29) is 5.82 Å². The van der Waals surface area contributed by atoms with Gasteiger partial charge in [0.1, 0.15) is 30.2 Å². The average Bonchev–Trinajstić information content (AvgIpc) is 2.64. The van der Waals surface area contributed by atoms with E-state index in [4.69, 9.17) is 15.6 Å². The molecule has 4 atom stereocenters. The Morgan fingerprint density at radius 3 is 2.79 bits per heavy atom. The third kappa shape index (κ3) is 1.87. The van der Waals surface area contributed by atoms with Crippen LogP contribution in [0.15, 0.2) is 17.1 Å². The first-order valence-corrected chi connectivity index (χ1v) is 5.38. The number of anilines is 1. The molecule has 0 spiro atoms. The van der Waals surface area contributed by atoms with E-state index in [0.717, 1.165) is 10.8 Å². The Balaban J connectivity index is 2.56. The molecule has 1 aliphatic rings. The number of nitriles is 1. The second-order valence-electron chi connectivity index (χ2n) is 4.09. The van der Waals surface area contributed by atoms with Gasteiger partial charge >= 0.3 is 5.69 Å². The maximum atomic E-state index is 11.7. The number of hydrogen-bond donors (Lipinski definition) is 4. The molecule has 102 valence electrons. The molecule has 0 saturated carbocycles. The molecule has 2 rings (SSSR count). The number of rotatable bonds is 2. The zero-order valence-electron chi connectivity index (χ0n) is 9.67. The van der Waals surface area contributed by atoms with Gasteiger partial charge in [0.15, 0.2) is 0 Å². The Morgan fingerprint density at radius 1 is 1.63 bits per heavy atom. The van der Waals surface area contributed by atoms with Crippen LogP contribution in [0.3, 0.4) is 0 Å². The highest BCUT2D eigenvalue weighted by Crippen LogP contribution is 2.34. The van der Waals surface area contributed by atoms with E-state index < -0.39 is 36.3 Å². The summed E-state index contributed by atoms with van der Waals surface area (Å²) in [5, 5.41) is 37.8. The van der Waals surface area contributed by atoms with Crippen LogP contribution >= 0.6 is 0 Å². The lowest BCUT2D eigenvalue weighted by Crippen LogP contribution is -2.49. The zero-order valence-corrected chi connectivity index (χ0v) is 9.67. The predicted molar refractivity (Wildman–Crippen MR) is 60.5 cm³/mol. The fourth-order valence-corrected chi connectivity index (χ4v) is 1.96. The van der Waals surface area contributed by atoms with E-state index >= 15 is 0 Å². The second-order valence-corrected chi connectivity index (χ2v) is 4.09. The number of nitrogens with zero attached hydrogens (tertiary/aromatic N) is 3. The summed E-state index contributed by atoms with van der Waals surface area (Å²) in [4.78, 5) is 15.1. The first-order valence-electron chi connectivity index (χ1n) is 5.38. The van der Waals surface area contributed by atoms with Crippen molar-refractivity contribution < 1.29 is 20.1 Å². The molecule has 2 heterocycles. The highest BCUT2D eigenvalue weighted by atomic mass is 16.6. The summed E-state index contributed by atoms with van der Waals surface area (Å²) in [6.07, 6.45) is -3.27. The van der Waals surface area contributed by atoms with E-state index in [2.05, 4.69) is 4.98 Å². The molecule has 1 aromatic heterocycles. The molecule has 0 unspecified atom stereocenters. The highest BCUT2D eigenvalue weighted by molar-refractivity contribution is 5.25. The minimum absolute atomic E-state index is 0.0546. The summed E-state index contributed by atoms with van der Waals surface area (Å²) in [6, 6.07) is 2.88. The van der Waals surface area contributed by atoms with Crippen LogP contribution < -0.4 is 11.4 Å². The molecule has 0 radical (unpaired) electrons. The first-order chi connectivity index (χ1) is 8.96. The van der Waals surface area contributed by atoms with Crippen LogP contribution in [0.1, 0.15) is 0 Å². The summed E-state index contributed by atoms with van der Waals surface area (Å²) in [6.45, 7) is -0.612. The molecule has 5 N–H and O–H groups in total. The topological polar surface area (TPSA) is 155 Å². The number of hydrogen-bond acceptors (Lipinski definition) is 8. The molecule has 1 aromatic rings. The molecule has 1 saturated heterocycles. The van der Waals surface area contributed by atoms with Crippen LogP contribution in [0.5, 0.6) is 0 Å². The van der Waals surface area contributed by atoms with Crippen LogP contribution in [0, 0.1) is 11.3 Å². The average molecular weight is 268 g/mol. The van der Waals surface area contributed by atoms with Gasteiger partial charge in [-0.3, -0.25) is 4.57 Å². The Kier molecular flexibility index (Phi) is 3.25. The summed E-state index contributed by atoms with van der Waals surface area (Å²) >= 11 is 0. The van der Waals surface area contributed by atoms with Crippen molar-refractivity contribution in [2.45, 2.75) is 24.0 Å². The number of ether oxygens (including phenoxy) is 1. The fourth-order valence-electron chi connectivity index (χ4n) is 1.96.